The Bertz CT molecular complexity index is 1210. The Kier molecular flexibility index (Phi) is 6.73. The van der Waals surface area contributed by atoms with E-state index in [9.17, 15) is 26.4 Å². The van der Waals surface area contributed by atoms with Crippen LogP contribution in [0.5, 0.6) is 5.75 Å². The molecule has 0 aliphatic carbocycles. The highest BCUT2D eigenvalue weighted by atomic mass is 32.2. The molecule has 6 nitrogen and oxygen atoms in total. The number of rotatable bonds is 8. The molecule has 0 saturated carbocycles. The third kappa shape index (κ3) is 6.24. The van der Waals surface area contributed by atoms with E-state index in [4.69, 9.17) is 5.11 Å². The number of hydrogen-bond donors (Lipinski definition) is 2. The molecule has 3 aromatic carbocycles. The monoisotopic (exact) mass is 465 g/mol. The van der Waals surface area contributed by atoms with Gasteiger partial charge in [0.2, 0.25) is 0 Å². The van der Waals surface area contributed by atoms with E-state index in [1.54, 1.807) is 30.3 Å². The van der Waals surface area contributed by atoms with Crippen molar-refractivity contribution in [2.45, 2.75) is 24.1 Å². The average molecular weight is 465 g/mol. The third-order valence-electron chi connectivity index (χ3n) is 4.45. The maximum absolute atomic E-state index is 12.7. The van der Waals surface area contributed by atoms with Crippen molar-refractivity contribution >= 4 is 21.7 Å². The summed E-state index contributed by atoms with van der Waals surface area (Å²) in [5, 5.41) is 8.94. The Morgan fingerprint density at radius 2 is 1.56 bits per heavy atom. The van der Waals surface area contributed by atoms with Crippen molar-refractivity contribution in [2.75, 3.05) is 4.72 Å². The van der Waals surface area contributed by atoms with Crippen LogP contribution in [0.1, 0.15) is 21.5 Å². The number of para-hydroxylation sites is 1. The number of nitrogens with one attached hydrogen (secondary N) is 1. The van der Waals surface area contributed by atoms with E-state index in [0.717, 1.165) is 23.3 Å². The van der Waals surface area contributed by atoms with Crippen LogP contribution in [0.2, 0.25) is 0 Å². The van der Waals surface area contributed by atoms with Crippen LogP contribution in [0, 0.1) is 0 Å². The number of hydrogen-bond acceptors (Lipinski definition) is 4. The van der Waals surface area contributed by atoms with Gasteiger partial charge < -0.3 is 9.84 Å². The van der Waals surface area contributed by atoms with Crippen LogP contribution in [0.4, 0.5) is 18.9 Å². The topological polar surface area (TPSA) is 92.7 Å². The standard InChI is InChI=1S/C22H18F3NO5S/c23-22(24,25)31-19-6-1-2-7-20(19)32(29,30)26-18-5-3-4-16(14-18)9-8-15-10-12-17(13-11-15)21(27)28/h1-7,10-14,26H,8-9H2,(H,27,28). The predicted octanol–water partition coefficient (Wildman–Crippen LogP) is 4.87. The molecule has 0 radical (unpaired) electrons. The summed E-state index contributed by atoms with van der Waals surface area (Å²) in [6, 6.07) is 17.4. The minimum absolute atomic E-state index is 0.180. The molecule has 3 aromatic rings. The lowest BCUT2D eigenvalue weighted by Crippen LogP contribution is -2.20. The van der Waals surface area contributed by atoms with Crippen molar-refractivity contribution in [3.8, 4) is 5.75 Å². The minimum Gasteiger partial charge on any atom is -0.478 e. The van der Waals surface area contributed by atoms with Gasteiger partial charge >= 0.3 is 12.3 Å². The molecule has 0 amide bonds. The number of carboxylic acid groups (broad SMARTS) is 1. The summed E-state index contributed by atoms with van der Waals surface area (Å²) in [6.07, 6.45) is -3.91. The molecule has 2 N–H and O–H groups in total. The molecular weight excluding hydrogens is 447 g/mol. The molecule has 32 heavy (non-hydrogen) atoms. The zero-order valence-electron chi connectivity index (χ0n) is 16.5. The number of anilines is 1. The fraction of sp³-hybridized carbons (Fsp3) is 0.136. The van der Waals surface area contributed by atoms with Gasteiger partial charge in [-0.2, -0.15) is 0 Å². The van der Waals surface area contributed by atoms with Crippen LogP contribution in [-0.2, 0) is 22.9 Å². The average Bonchev–Trinajstić information content (AvgIpc) is 2.71. The van der Waals surface area contributed by atoms with Crippen LogP contribution in [-0.4, -0.2) is 25.9 Å². The summed E-state index contributed by atoms with van der Waals surface area (Å²) in [7, 11) is -4.34. The Labute approximate surface area is 182 Å². The van der Waals surface area contributed by atoms with Gasteiger partial charge in [0.15, 0.2) is 0 Å². The van der Waals surface area contributed by atoms with E-state index in [-0.39, 0.29) is 11.3 Å². The SMILES string of the molecule is O=C(O)c1ccc(CCc2cccc(NS(=O)(=O)c3ccccc3OC(F)(F)F)c2)cc1. The minimum atomic E-state index is -5.03. The first-order chi connectivity index (χ1) is 15.0. The number of aromatic carboxylic acids is 1. The Morgan fingerprint density at radius 3 is 2.22 bits per heavy atom. The molecule has 0 aliphatic heterocycles. The zero-order chi connectivity index (χ0) is 23.4. The fourth-order valence-electron chi connectivity index (χ4n) is 2.98. The number of carboxylic acids is 1. The largest absolute Gasteiger partial charge is 0.573 e. The van der Waals surface area contributed by atoms with Gasteiger partial charge in [0.05, 0.1) is 5.56 Å². The summed E-state index contributed by atoms with van der Waals surface area (Å²) in [4.78, 5) is 10.3. The van der Waals surface area contributed by atoms with Crippen LogP contribution in [0.3, 0.4) is 0 Å². The van der Waals surface area contributed by atoms with Gasteiger partial charge in [0, 0.05) is 5.69 Å². The molecule has 0 spiro atoms. The van der Waals surface area contributed by atoms with Gasteiger partial charge in [-0.15, -0.1) is 13.2 Å². The van der Waals surface area contributed by atoms with E-state index in [2.05, 4.69) is 9.46 Å². The number of alkyl halides is 3. The van der Waals surface area contributed by atoms with Crippen LogP contribution >= 0.6 is 0 Å². The van der Waals surface area contributed by atoms with Crippen molar-refractivity contribution in [3.63, 3.8) is 0 Å². The number of ether oxygens (including phenoxy) is 1. The first kappa shape index (κ1) is 23.1. The molecule has 0 bridgehead atoms. The van der Waals surface area contributed by atoms with Crippen molar-refractivity contribution in [1.82, 2.24) is 0 Å². The molecular formula is C22H18F3NO5S. The smallest absolute Gasteiger partial charge is 0.478 e. The summed E-state index contributed by atoms with van der Waals surface area (Å²) in [6.45, 7) is 0. The normalized spacial score (nSPS) is 11.7. The second-order valence-corrected chi connectivity index (χ2v) is 8.45. The zero-order valence-corrected chi connectivity index (χ0v) is 17.3. The Morgan fingerprint density at radius 1 is 0.906 bits per heavy atom. The van der Waals surface area contributed by atoms with Gasteiger partial charge in [0.1, 0.15) is 10.6 Å². The third-order valence-corrected chi connectivity index (χ3v) is 5.87. The van der Waals surface area contributed by atoms with E-state index >= 15 is 0 Å². The van der Waals surface area contributed by atoms with Crippen molar-refractivity contribution < 1.29 is 36.2 Å². The van der Waals surface area contributed by atoms with Crippen LogP contribution < -0.4 is 9.46 Å². The highest BCUT2D eigenvalue weighted by molar-refractivity contribution is 7.92. The van der Waals surface area contributed by atoms with Gasteiger partial charge in [-0.3, -0.25) is 4.72 Å². The number of carbonyl (C=O) groups is 1. The van der Waals surface area contributed by atoms with Crippen LogP contribution in [0.25, 0.3) is 0 Å². The number of benzene rings is 3. The number of aryl methyl sites for hydroxylation is 2. The first-order valence-electron chi connectivity index (χ1n) is 9.32. The van der Waals surface area contributed by atoms with Crippen molar-refractivity contribution in [2.24, 2.45) is 0 Å². The van der Waals surface area contributed by atoms with E-state index in [1.807, 2.05) is 0 Å². The highest BCUT2D eigenvalue weighted by Gasteiger charge is 2.34. The highest BCUT2D eigenvalue weighted by Crippen LogP contribution is 2.30. The molecule has 0 unspecified atom stereocenters. The van der Waals surface area contributed by atoms with Crippen molar-refractivity contribution in [3.05, 3.63) is 89.5 Å². The maximum atomic E-state index is 12.7. The van der Waals surface area contributed by atoms with Crippen molar-refractivity contribution in [1.29, 1.82) is 0 Å². The molecule has 0 heterocycles. The van der Waals surface area contributed by atoms with E-state index in [1.165, 1.54) is 30.3 Å². The number of halogens is 3. The fourth-order valence-corrected chi connectivity index (χ4v) is 4.16. The lowest BCUT2D eigenvalue weighted by atomic mass is 10.0. The summed E-state index contributed by atoms with van der Waals surface area (Å²) in [5.41, 5.74) is 2.05. The maximum Gasteiger partial charge on any atom is 0.573 e. The van der Waals surface area contributed by atoms with Crippen LogP contribution in [0.15, 0.2) is 77.7 Å². The summed E-state index contributed by atoms with van der Waals surface area (Å²) in [5.74, 6) is -1.84. The van der Waals surface area contributed by atoms with Gasteiger partial charge in [-0.05, 0) is 60.4 Å². The molecule has 0 atom stereocenters. The molecule has 0 saturated heterocycles. The quantitative estimate of drug-likeness (QED) is 0.495. The van der Waals surface area contributed by atoms with E-state index in [0.29, 0.717) is 12.8 Å². The predicted molar refractivity (Wildman–Crippen MR) is 111 cm³/mol. The summed E-state index contributed by atoms with van der Waals surface area (Å²) < 4.78 is 69.3. The summed E-state index contributed by atoms with van der Waals surface area (Å²) >= 11 is 0. The molecule has 168 valence electrons. The van der Waals surface area contributed by atoms with E-state index < -0.39 is 33.0 Å². The lowest BCUT2D eigenvalue weighted by Gasteiger charge is -2.15. The van der Waals surface area contributed by atoms with Gasteiger partial charge in [-0.1, -0.05) is 36.4 Å². The van der Waals surface area contributed by atoms with Gasteiger partial charge in [0.25, 0.3) is 10.0 Å². The Hall–Kier alpha value is -3.53. The molecule has 10 heteroatoms. The number of sulfonamides is 1. The second kappa shape index (κ2) is 9.31. The Balaban J connectivity index is 1.73. The molecule has 0 fully saturated rings. The van der Waals surface area contributed by atoms with Gasteiger partial charge in [-0.25, -0.2) is 13.2 Å². The lowest BCUT2D eigenvalue weighted by molar-refractivity contribution is -0.275. The second-order valence-electron chi connectivity index (χ2n) is 6.80. The molecule has 0 aliphatic rings. The molecule has 0 aromatic heterocycles. The molecule has 3 rings (SSSR count). The first-order valence-corrected chi connectivity index (χ1v) is 10.8.